The van der Waals surface area contributed by atoms with Gasteiger partial charge in [-0.3, -0.25) is 14.3 Å². The van der Waals surface area contributed by atoms with Crippen LogP contribution in [0.1, 0.15) is 19.4 Å². The zero-order valence-corrected chi connectivity index (χ0v) is 16.2. The lowest BCUT2D eigenvalue weighted by atomic mass is 10.2. The molecule has 0 bridgehead atoms. The Kier molecular flexibility index (Phi) is 5.96. The monoisotopic (exact) mass is 387 g/mol. The Labute approximate surface area is 161 Å². The molecule has 0 fully saturated rings. The number of aryl methyl sites for hydroxylation is 1. The summed E-state index contributed by atoms with van der Waals surface area (Å²) in [6.45, 7) is 4.47. The van der Waals surface area contributed by atoms with Gasteiger partial charge in [0.15, 0.2) is 11.2 Å². The third kappa shape index (κ3) is 4.32. The van der Waals surface area contributed by atoms with E-state index in [4.69, 9.17) is 4.74 Å². The second-order valence-electron chi connectivity index (χ2n) is 6.91. The van der Waals surface area contributed by atoms with Crippen molar-refractivity contribution >= 4 is 17.1 Å². The lowest BCUT2D eigenvalue weighted by Gasteiger charge is -2.16. The maximum absolute atomic E-state index is 12.4. The molecular weight excluding hydrogens is 362 g/mol. The first-order valence-electron chi connectivity index (χ1n) is 9.13. The van der Waals surface area contributed by atoms with Crippen molar-refractivity contribution in [2.24, 2.45) is 7.05 Å². The number of hydrogen-bond acceptors (Lipinski definition) is 6. The van der Waals surface area contributed by atoms with Gasteiger partial charge in [0.05, 0.1) is 25.4 Å². The summed E-state index contributed by atoms with van der Waals surface area (Å²) in [7, 11) is 1.54. The van der Waals surface area contributed by atoms with E-state index >= 15 is 0 Å². The van der Waals surface area contributed by atoms with Crippen molar-refractivity contribution in [1.82, 2.24) is 19.1 Å². The topological polar surface area (TPSA) is 114 Å². The van der Waals surface area contributed by atoms with E-state index in [1.165, 1.54) is 11.6 Å². The van der Waals surface area contributed by atoms with Gasteiger partial charge in [0.25, 0.3) is 5.56 Å². The fourth-order valence-electron chi connectivity index (χ4n) is 2.89. The van der Waals surface area contributed by atoms with Gasteiger partial charge >= 0.3 is 5.69 Å². The molecule has 0 spiro atoms. The minimum absolute atomic E-state index is 0.0194. The van der Waals surface area contributed by atoms with Gasteiger partial charge in [-0.15, -0.1) is 0 Å². The number of aromatic amines is 1. The second-order valence-corrected chi connectivity index (χ2v) is 6.91. The molecule has 2 aromatic heterocycles. The molecule has 1 aromatic carbocycles. The molecule has 0 amide bonds. The molecule has 9 nitrogen and oxygen atoms in total. The van der Waals surface area contributed by atoms with Crippen LogP contribution in [0, 0.1) is 0 Å². The molecule has 0 aliphatic heterocycles. The molecule has 28 heavy (non-hydrogen) atoms. The van der Waals surface area contributed by atoms with E-state index in [1.54, 1.807) is 4.57 Å². The summed E-state index contributed by atoms with van der Waals surface area (Å²) in [5.74, 6) is 0.397. The summed E-state index contributed by atoms with van der Waals surface area (Å²) in [6.07, 6.45) is -0.859. The number of nitrogens with one attached hydrogen (secondary N) is 2. The molecule has 0 aliphatic carbocycles. The van der Waals surface area contributed by atoms with Crippen molar-refractivity contribution in [2.45, 2.75) is 39.1 Å². The normalized spacial score (nSPS) is 12.6. The van der Waals surface area contributed by atoms with Crippen molar-refractivity contribution in [3.05, 3.63) is 56.7 Å². The molecule has 0 saturated carbocycles. The molecule has 0 unspecified atom stereocenters. The lowest BCUT2D eigenvalue weighted by molar-refractivity contribution is -0.000108. The van der Waals surface area contributed by atoms with Gasteiger partial charge in [-0.25, -0.2) is 4.79 Å². The third-order valence-corrected chi connectivity index (χ3v) is 4.32. The maximum atomic E-state index is 12.4. The molecule has 9 heteroatoms. The van der Waals surface area contributed by atoms with Crippen LogP contribution in [-0.4, -0.2) is 43.0 Å². The largest absolute Gasteiger partial charge is 0.389 e. The number of hydrogen-bond donors (Lipinski definition) is 3. The van der Waals surface area contributed by atoms with Crippen LogP contribution in [0.4, 0.5) is 5.95 Å². The van der Waals surface area contributed by atoms with Crippen molar-refractivity contribution in [3.63, 3.8) is 0 Å². The number of anilines is 1. The fraction of sp³-hybridized carbons (Fsp3) is 0.421. The van der Waals surface area contributed by atoms with Crippen molar-refractivity contribution in [3.8, 4) is 0 Å². The SMILES string of the molecule is CC(C)OC[C@@H](O)Cn1c(NCc2ccccc2)nc2c1c(=O)[nH]c(=O)n2C. The van der Waals surface area contributed by atoms with E-state index < -0.39 is 17.4 Å². The first kappa shape index (κ1) is 19.8. The Morgan fingerprint density at radius 1 is 1.25 bits per heavy atom. The van der Waals surface area contributed by atoms with Gasteiger partial charge in [0.1, 0.15) is 0 Å². The van der Waals surface area contributed by atoms with Gasteiger partial charge in [0.2, 0.25) is 5.95 Å². The second kappa shape index (κ2) is 8.41. The van der Waals surface area contributed by atoms with E-state index in [0.29, 0.717) is 12.5 Å². The van der Waals surface area contributed by atoms with Crippen LogP contribution < -0.4 is 16.6 Å². The number of aromatic nitrogens is 4. The number of H-pyrrole nitrogens is 1. The van der Waals surface area contributed by atoms with Crippen LogP contribution in [-0.2, 0) is 24.9 Å². The Morgan fingerprint density at radius 3 is 2.64 bits per heavy atom. The molecule has 0 radical (unpaired) electrons. The van der Waals surface area contributed by atoms with Gasteiger partial charge in [-0.05, 0) is 19.4 Å². The predicted molar refractivity (Wildman–Crippen MR) is 106 cm³/mol. The summed E-state index contributed by atoms with van der Waals surface area (Å²) < 4.78 is 8.33. The zero-order chi connectivity index (χ0) is 20.3. The average Bonchev–Trinajstić information content (AvgIpc) is 3.02. The van der Waals surface area contributed by atoms with Gasteiger partial charge in [0, 0.05) is 13.6 Å². The van der Waals surface area contributed by atoms with Crippen LogP contribution in [0.3, 0.4) is 0 Å². The summed E-state index contributed by atoms with van der Waals surface area (Å²) in [5.41, 5.74) is 0.422. The maximum Gasteiger partial charge on any atom is 0.329 e. The Balaban J connectivity index is 1.98. The number of ether oxygens (including phenoxy) is 1. The molecule has 150 valence electrons. The molecule has 0 saturated heterocycles. The summed E-state index contributed by atoms with van der Waals surface area (Å²) >= 11 is 0. The van der Waals surface area contributed by atoms with E-state index in [0.717, 1.165) is 5.56 Å². The fourth-order valence-corrected chi connectivity index (χ4v) is 2.89. The number of aliphatic hydroxyl groups excluding tert-OH is 1. The van der Waals surface area contributed by atoms with Crippen molar-refractivity contribution in [1.29, 1.82) is 0 Å². The Bertz CT molecular complexity index is 1050. The smallest absolute Gasteiger partial charge is 0.329 e. The highest BCUT2D eigenvalue weighted by atomic mass is 16.5. The Hall–Kier alpha value is -2.91. The van der Waals surface area contributed by atoms with Crippen LogP contribution in [0.15, 0.2) is 39.9 Å². The molecule has 3 N–H and O–H groups in total. The van der Waals surface area contributed by atoms with Gasteiger partial charge < -0.3 is 19.7 Å². The molecule has 2 heterocycles. The number of fused-ring (bicyclic) bond motifs is 1. The lowest BCUT2D eigenvalue weighted by Crippen LogP contribution is -2.30. The minimum atomic E-state index is -0.839. The average molecular weight is 387 g/mol. The summed E-state index contributed by atoms with van der Waals surface area (Å²) in [4.78, 5) is 31.1. The quantitative estimate of drug-likeness (QED) is 0.527. The standard InChI is InChI=1S/C19H25N5O4/c1-12(2)28-11-14(25)10-24-15-16(23(3)19(27)22-17(15)26)21-18(24)20-9-13-7-5-4-6-8-13/h4-8,12,14,25H,9-11H2,1-3H3,(H,20,21)(H,22,26,27)/t14-/m0/s1. The predicted octanol–water partition coefficient (Wildman–Crippen LogP) is 0.821. The third-order valence-electron chi connectivity index (χ3n) is 4.32. The number of aliphatic hydroxyl groups is 1. The molecule has 1 atom stereocenters. The number of nitrogens with zero attached hydrogens (tertiary/aromatic N) is 3. The van der Waals surface area contributed by atoms with Gasteiger partial charge in [-0.1, -0.05) is 30.3 Å². The Morgan fingerprint density at radius 2 is 1.96 bits per heavy atom. The van der Waals surface area contributed by atoms with Crippen molar-refractivity contribution in [2.75, 3.05) is 11.9 Å². The number of rotatable bonds is 8. The van der Waals surface area contributed by atoms with E-state index in [-0.39, 0.29) is 30.4 Å². The zero-order valence-electron chi connectivity index (χ0n) is 16.2. The van der Waals surface area contributed by atoms with Crippen molar-refractivity contribution < 1.29 is 9.84 Å². The molecule has 0 aliphatic rings. The van der Waals surface area contributed by atoms with Crippen LogP contribution in [0.5, 0.6) is 0 Å². The van der Waals surface area contributed by atoms with Gasteiger partial charge in [-0.2, -0.15) is 4.98 Å². The summed E-state index contributed by atoms with van der Waals surface area (Å²) in [6, 6.07) is 9.73. The number of benzene rings is 1. The minimum Gasteiger partial charge on any atom is -0.389 e. The first-order chi connectivity index (χ1) is 13.4. The number of imidazole rings is 1. The highest BCUT2D eigenvalue weighted by molar-refractivity contribution is 5.74. The van der Waals surface area contributed by atoms with E-state index in [9.17, 15) is 14.7 Å². The highest BCUT2D eigenvalue weighted by Crippen LogP contribution is 2.17. The van der Waals surface area contributed by atoms with E-state index in [2.05, 4.69) is 15.3 Å². The van der Waals surface area contributed by atoms with Crippen LogP contribution in [0.25, 0.3) is 11.2 Å². The molecule has 3 rings (SSSR count). The highest BCUT2D eigenvalue weighted by Gasteiger charge is 2.19. The van der Waals surface area contributed by atoms with Crippen LogP contribution in [0.2, 0.25) is 0 Å². The first-order valence-corrected chi connectivity index (χ1v) is 9.13. The van der Waals surface area contributed by atoms with E-state index in [1.807, 2.05) is 44.2 Å². The summed E-state index contributed by atoms with van der Waals surface area (Å²) in [5, 5.41) is 13.6. The molecule has 3 aromatic rings. The van der Waals surface area contributed by atoms with Crippen LogP contribution >= 0.6 is 0 Å². The molecular formula is C19H25N5O4.